The summed E-state index contributed by atoms with van der Waals surface area (Å²) in [7, 11) is 0. The summed E-state index contributed by atoms with van der Waals surface area (Å²) in [4.78, 5) is 0. The Morgan fingerprint density at radius 2 is 1.33 bits per heavy atom. The van der Waals surface area contributed by atoms with Gasteiger partial charge in [-0.2, -0.15) is 0 Å². The minimum Gasteiger partial charge on any atom is -0.0888 e. The molecule has 1 unspecified atom stereocenters. The van der Waals surface area contributed by atoms with Gasteiger partial charge in [0.2, 0.25) is 0 Å². The van der Waals surface area contributed by atoms with Gasteiger partial charge in [-0.1, -0.05) is 85.0 Å². The minimum absolute atomic E-state index is 0. The number of hydrogen-bond acceptors (Lipinski definition) is 0. The van der Waals surface area contributed by atoms with E-state index in [2.05, 4.69) is 70.2 Å². The fourth-order valence-corrected chi connectivity index (χ4v) is 1.35. The van der Waals surface area contributed by atoms with Crippen molar-refractivity contribution in [3.05, 3.63) is 48.0 Å². The Morgan fingerprint density at radius 1 is 0.889 bits per heavy atom. The predicted molar refractivity (Wildman–Crippen MR) is 88.3 cm³/mol. The van der Waals surface area contributed by atoms with Crippen molar-refractivity contribution >= 4 is 0 Å². The number of allylic oxidation sites excluding steroid dienone is 2. The summed E-state index contributed by atoms with van der Waals surface area (Å²) in [5, 5.41) is 0. The Hall–Kier alpha value is -1.04. The van der Waals surface area contributed by atoms with E-state index < -0.39 is 0 Å². The zero-order chi connectivity index (χ0) is 12.2. The molecule has 0 saturated carbocycles. The van der Waals surface area contributed by atoms with E-state index in [9.17, 15) is 0 Å². The second kappa shape index (κ2) is 16.0. The van der Waals surface area contributed by atoms with Crippen LogP contribution >= 0.6 is 0 Å². The van der Waals surface area contributed by atoms with Gasteiger partial charge in [-0.15, -0.1) is 0 Å². The molecule has 0 N–H and O–H groups in total. The molecular weight excluding hydrogens is 216 g/mol. The third-order valence-corrected chi connectivity index (χ3v) is 2.62. The fourth-order valence-electron chi connectivity index (χ4n) is 1.35. The van der Waals surface area contributed by atoms with Crippen LogP contribution in [0.25, 0.3) is 0 Å². The molecule has 0 radical (unpaired) electrons. The number of rotatable bonds is 4. The van der Waals surface area contributed by atoms with Crippen LogP contribution in [-0.4, -0.2) is 0 Å². The van der Waals surface area contributed by atoms with Crippen LogP contribution < -0.4 is 0 Å². The topological polar surface area (TPSA) is 0 Å². The van der Waals surface area contributed by atoms with Crippen LogP contribution in [0.4, 0.5) is 0 Å². The lowest BCUT2D eigenvalue weighted by molar-refractivity contribution is 0.733. The molecule has 1 rings (SSSR count). The molecule has 18 heavy (non-hydrogen) atoms. The fraction of sp³-hybridized carbons (Fsp3) is 0.556. The van der Waals surface area contributed by atoms with Gasteiger partial charge in [-0.3, -0.25) is 0 Å². The Kier molecular flexibility index (Phi) is 19.7. The van der Waals surface area contributed by atoms with Crippen molar-refractivity contribution in [1.29, 1.82) is 0 Å². The largest absolute Gasteiger partial charge is 0.0888 e. The van der Waals surface area contributed by atoms with Crippen molar-refractivity contribution in [2.75, 3.05) is 0 Å². The molecule has 0 saturated heterocycles. The molecule has 0 aliphatic heterocycles. The normalized spacial score (nSPS) is 10.7. The van der Waals surface area contributed by atoms with E-state index in [4.69, 9.17) is 0 Å². The molecule has 0 heterocycles. The van der Waals surface area contributed by atoms with Crippen molar-refractivity contribution in [2.45, 2.75) is 67.7 Å². The van der Waals surface area contributed by atoms with Gasteiger partial charge in [-0.25, -0.2) is 0 Å². The van der Waals surface area contributed by atoms with E-state index in [1.165, 1.54) is 24.8 Å². The van der Waals surface area contributed by atoms with Gasteiger partial charge in [0.25, 0.3) is 0 Å². The molecular formula is C18H34. The molecule has 0 spiro atoms. The van der Waals surface area contributed by atoms with Crippen LogP contribution in [0, 0.1) is 0 Å². The molecule has 0 heteroatoms. The molecule has 0 aliphatic carbocycles. The highest BCUT2D eigenvalue weighted by molar-refractivity contribution is 5.18. The minimum atomic E-state index is 0. The summed E-state index contributed by atoms with van der Waals surface area (Å²) in [5.41, 5.74) is 1.45. The lowest BCUT2D eigenvalue weighted by Crippen LogP contribution is -1.88. The first-order valence-electron chi connectivity index (χ1n) is 6.46. The Bertz CT molecular complexity index is 253. The van der Waals surface area contributed by atoms with Crippen molar-refractivity contribution in [3.63, 3.8) is 0 Å². The van der Waals surface area contributed by atoms with E-state index in [1.807, 2.05) is 0 Å². The Labute approximate surface area is 116 Å². The summed E-state index contributed by atoms with van der Waals surface area (Å²) in [6.07, 6.45) is 7.94. The quantitative estimate of drug-likeness (QED) is 0.513. The molecule has 1 atom stereocenters. The SMILES string of the molecule is C.C.CCC(C)c1ccccc1.CCC=CCC. The van der Waals surface area contributed by atoms with Gasteiger partial charge >= 0.3 is 0 Å². The second-order valence-corrected chi connectivity index (χ2v) is 4.01. The van der Waals surface area contributed by atoms with Crippen LogP contribution in [0.2, 0.25) is 0 Å². The molecule has 0 fully saturated rings. The van der Waals surface area contributed by atoms with Crippen LogP contribution in [0.5, 0.6) is 0 Å². The van der Waals surface area contributed by atoms with Crippen LogP contribution in [0.15, 0.2) is 42.5 Å². The highest BCUT2D eigenvalue weighted by Crippen LogP contribution is 2.16. The smallest absolute Gasteiger partial charge is 0.0193 e. The van der Waals surface area contributed by atoms with E-state index in [0.717, 1.165) is 0 Å². The second-order valence-electron chi connectivity index (χ2n) is 4.01. The molecule has 0 amide bonds. The maximum Gasteiger partial charge on any atom is -0.0193 e. The van der Waals surface area contributed by atoms with E-state index in [1.54, 1.807) is 0 Å². The van der Waals surface area contributed by atoms with E-state index >= 15 is 0 Å². The van der Waals surface area contributed by atoms with Crippen molar-refractivity contribution in [3.8, 4) is 0 Å². The third-order valence-electron chi connectivity index (χ3n) is 2.62. The zero-order valence-electron chi connectivity index (χ0n) is 11.2. The third kappa shape index (κ3) is 11.4. The number of benzene rings is 1. The van der Waals surface area contributed by atoms with Gasteiger partial charge in [0.15, 0.2) is 0 Å². The summed E-state index contributed by atoms with van der Waals surface area (Å²) in [6.45, 7) is 8.77. The Morgan fingerprint density at radius 3 is 1.67 bits per heavy atom. The molecule has 0 bridgehead atoms. The van der Waals surface area contributed by atoms with Crippen LogP contribution in [0.1, 0.15) is 73.3 Å². The van der Waals surface area contributed by atoms with E-state index in [0.29, 0.717) is 5.92 Å². The van der Waals surface area contributed by atoms with Crippen molar-refractivity contribution in [1.82, 2.24) is 0 Å². The van der Waals surface area contributed by atoms with E-state index in [-0.39, 0.29) is 14.9 Å². The molecule has 1 aromatic rings. The zero-order valence-corrected chi connectivity index (χ0v) is 11.2. The van der Waals surface area contributed by atoms with Gasteiger partial charge in [-0.05, 0) is 30.7 Å². The monoisotopic (exact) mass is 250 g/mol. The molecule has 106 valence electrons. The van der Waals surface area contributed by atoms with Crippen LogP contribution in [0.3, 0.4) is 0 Å². The summed E-state index contributed by atoms with van der Waals surface area (Å²) >= 11 is 0. The number of hydrogen-bond donors (Lipinski definition) is 0. The van der Waals surface area contributed by atoms with Gasteiger partial charge in [0, 0.05) is 0 Å². The predicted octanol–water partition coefficient (Wildman–Crippen LogP) is 6.83. The summed E-state index contributed by atoms with van der Waals surface area (Å²) in [5.74, 6) is 0.709. The highest BCUT2D eigenvalue weighted by atomic mass is 14.0. The first kappa shape index (κ1) is 22.2. The first-order valence-corrected chi connectivity index (χ1v) is 6.46. The van der Waals surface area contributed by atoms with Gasteiger partial charge < -0.3 is 0 Å². The van der Waals surface area contributed by atoms with Gasteiger partial charge in [0.05, 0.1) is 0 Å². The lowest BCUT2D eigenvalue weighted by atomic mass is 9.99. The first-order chi connectivity index (χ1) is 7.76. The van der Waals surface area contributed by atoms with Crippen LogP contribution in [-0.2, 0) is 0 Å². The molecule has 0 aromatic heterocycles. The Balaban J connectivity index is -0.000000250. The summed E-state index contributed by atoms with van der Waals surface area (Å²) < 4.78 is 0. The molecule has 0 nitrogen and oxygen atoms in total. The average molecular weight is 250 g/mol. The lowest BCUT2D eigenvalue weighted by Gasteiger charge is -2.06. The summed E-state index contributed by atoms with van der Waals surface area (Å²) in [6, 6.07) is 10.6. The van der Waals surface area contributed by atoms with Crippen molar-refractivity contribution < 1.29 is 0 Å². The highest BCUT2D eigenvalue weighted by Gasteiger charge is 1.98. The molecule has 1 aromatic carbocycles. The standard InChI is InChI=1S/C10H14.C6H12.2CH4/c1-3-9(2)10-7-5-4-6-8-10;1-3-5-6-4-2;;/h4-9H,3H2,1-2H3;5-6H,3-4H2,1-2H3;2*1H4. The maximum absolute atomic E-state index is 2.26. The average Bonchev–Trinajstić information content (AvgIpc) is 2.37. The van der Waals surface area contributed by atoms with Crippen molar-refractivity contribution in [2.24, 2.45) is 0 Å². The maximum atomic E-state index is 2.26. The van der Waals surface area contributed by atoms with Gasteiger partial charge in [0.1, 0.15) is 0 Å². The molecule has 0 aliphatic rings.